The predicted molar refractivity (Wildman–Crippen MR) is 86.0 cm³/mol. The van der Waals surface area contributed by atoms with Gasteiger partial charge in [-0.3, -0.25) is 4.79 Å². The number of hydrogen-bond acceptors (Lipinski definition) is 3. The van der Waals surface area contributed by atoms with Crippen LogP contribution >= 0.6 is 0 Å². The van der Waals surface area contributed by atoms with Gasteiger partial charge in [0.05, 0.1) is 11.0 Å². The van der Waals surface area contributed by atoms with Crippen LogP contribution < -0.4 is 11.1 Å². The smallest absolute Gasteiger partial charge is 0.221 e. The van der Waals surface area contributed by atoms with Gasteiger partial charge >= 0.3 is 0 Å². The number of imidazole rings is 1. The first-order valence-electron chi connectivity index (χ1n) is 7.52. The average Bonchev–Trinajstić information content (AvgIpc) is 2.79. The summed E-state index contributed by atoms with van der Waals surface area (Å²) >= 11 is 0. The quantitative estimate of drug-likeness (QED) is 0.801. The van der Waals surface area contributed by atoms with E-state index in [0.717, 1.165) is 29.8 Å². The van der Waals surface area contributed by atoms with Crippen LogP contribution in [0.15, 0.2) is 18.2 Å². The molecule has 0 atom stereocenters. The monoisotopic (exact) mass is 288 g/mol. The maximum absolute atomic E-state index is 11.9. The number of benzene rings is 1. The highest BCUT2D eigenvalue weighted by atomic mass is 16.1. The fourth-order valence-corrected chi connectivity index (χ4v) is 2.34. The van der Waals surface area contributed by atoms with E-state index in [9.17, 15) is 4.79 Å². The van der Waals surface area contributed by atoms with Crippen molar-refractivity contribution in [3.05, 3.63) is 24.0 Å². The van der Waals surface area contributed by atoms with Gasteiger partial charge in [-0.05, 0) is 24.1 Å². The summed E-state index contributed by atoms with van der Waals surface area (Å²) in [6.07, 6.45) is 1.30. The summed E-state index contributed by atoms with van der Waals surface area (Å²) in [5, 5.41) is 2.95. The van der Waals surface area contributed by atoms with Crippen molar-refractivity contribution in [1.29, 1.82) is 0 Å². The first-order chi connectivity index (χ1) is 10.0. The Morgan fingerprint density at radius 3 is 2.86 bits per heavy atom. The number of aromatic nitrogens is 2. The van der Waals surface area contributed by atoms with Crippen LogP contribution in [0.4, 0.5) is 5.69 Å². The molecule has 114 valence electrons. The van der Waals surface area contributed by atoms with E-state index < -0.39 is 0 Å². The number of aryl methyl sites for hydroxylation is 2. The minimum Gasteiger partial charge on any atom is -0.399 e. The molecule has 1 amide bonds. The third kappa shape index (κ3) is 3.74. The topological polar surface area (TPSA) is 72.9 Å². The Kier molecular flexibility index (Phi) is 4.83. The Balaban J connectivity index is 2.12. The molecule has 2 aromatic rings. The van der Waals surface area contributed by atoms with E-state index in [-0.39, 0.29) is 5.91 Å². The molecule has 0 fully saturated rings. The van der Waals surface area contributed by atoms with Crippen molar-refractivity contribution in [3.63, 3.8) is 0 Å². The van der Waals surface area contributed by atoms with Gasteiger partial charge in [-0.2, -0.15) is 0 Å². The number of nitrogens with zero attached hydrogens (tertiary/aromatic N) is 2. The number of nitrogens with two attached hydrogens (primary N) is 1. The summed E-state index contributed by atoms with van der Waals surface area (Å²) in [4.78, 5) is 16.5. The molecule has 5 heteroatoms. The number of carbonyl (C=O) groups is 1. The molecule has 0 saturated carbocycles. The molecule has 0 aliphatic heterocycles. The van der Waals surface area contributed by atoms with Crippen LogP contribution in [0.3, 0.4) is 0 Å². The fraction of sp³-hybridized carbons (Fsp3) is 0.500. The normalized spacial score (nSPS) is 11.2. The van der Waals surface area contributed by atoms with Gasteiger partial charge in [-0.1, -0.05) is 20.8 Å². The number of amides is 1. The van der Waals surface area contributed by atoms with Crippen molar-refractivity contribution in [2.45, 2.75) is 40.2 Å². The van der Waals surface area contributed by atoms with Gasteiger partial charge in [-0.15, -0.1) is 0 Å². The van der Waals surface area contributed by atoms with Crippen molar-refractivity contribution in [2.24, 2.45) is 5.92 Å². The highest BCUT2D eigenvalue weighted by molar-refractivity contribution is 5.80. The second-order valence-electron chi connectivity index (χ2n) is 5.73. The van der Waals surface area contributed by atoms with E-state index in [1.165, 1.54) is 0 Å². The molecule has 0 unspecified atom stereocenters. The molecule has 2 rings (SSSR count). The molecule has 1 aromatic heterocycles. The van der Waals surface area contributed by atoms with E-state index >= 15 is 0 Å². The van der Waals surface area contributed by atoms with Gasteiger partial charge in [-0.25, -0.2) is 4.98 Å². The molecule has 0 bridgehead atoms. The Bertz CT molecular complexity index is 630. The largest absolute Gasteiger partial charge is 0.399 e. The zero-order chi connectivity index (χ0) is 15.4. The third-order valence-electron chi connectivity index (χ3n) is 3.44. The van der Waals surface area contributed by atoms with E-state index in [1.807, 2.05) is 18.2 Å². The van der Waals surface area contributed by atoms with Gasteiger partial charge < -0.3 is 15.6 Å². The van der Waals surface area contributed by atoms with E-state index in [1.54, 1.807) is 0 Å². The van der Waals surface area contributed by atoms with Crippen molar-refractivity contribution in [2.75, 3.05) is 12.3 Å². The Labute approximate surface area is 125 Å². The number of anilines is 1. The van der Waals surface area contributed by atoms with Crippen LogP contribution in [0.1, 0.15) is 33.0 Å². The molecule has 5 nitrogen and oxygen atoms in total. The Morgan fingerprint density at radius 1 is 1.43 bits per heavy atom. The second-order valence-corrected chi connectivity index (χ2v) is 5.73. The molecule has 1 heterocycles. The molecular weight excluding hydrogens is 264 g/mol. The third-order valence-corrected chi connectivity index (χ3v) is 3.44. The number of fused-ring (bicyclic) bond motifs is 1. The second kappa shape index (κ2) is 6.61. The fourth-order valence-electron chi connectivity index (χ4n) is 2.34. The molecule has 0 radical (unpaired) electrons. The van der Waals surface area contributed by atoms with Gasteiger partial charge in [0.15, 0.2) is 0 Å². The van der Waals surface area contributed by atoms with E-state index in [4.69, 9.17) is 5.73 Å². The lowest BCUT2D eigenvalue weighted by Crippen LogP contribution is -2.28. The zero-order valence-electron chi connectivity index (χ0n) is 13.0. The van der Waals surface area contributed by atoms with Crippen molar-refractivity contribution >= 4 is 22.6 Å². The summed E-state index contributed by atoms with van der Waals surface area (Å²) in [5.41, 5.74) is 8.45. The SMILES string of the molecule is CCc1nc2cc(N)ccc2n1CCC(=O)NCC(C)C. The molecule has 0 aliphatic carbocycles. The van der Waals surface area contributed by atoms with E-state index in [2.05, 4.69) is 35.6 Å². The lowest BCUT2D eigenvalue weighted by Gasteiger charge is -2.10. The molecule has 0 saturated heterocycles. The van der Waals surface area contributed by atoms with Crippen LogP contribution in [-0.2, 0) is 17.8 Å². The highest BCUT2D eigenvalue weighted by Crippen LogP contribution is 2.19. The van der Waals surface area contributed by atoms with E-state index in [0.29, 0.717) is 24.6 Å². The first-order valence-corrected chi connectivity index (χ1v) is 7.52. The molecule has 0 spiro atoms. The van der Waals surface area contributed by atoms with Gasteiger partial charge in [0.25, 0.3) is 0 Å². The van der Waals surface area contributed by atoms with Gasteiger partial charge in [0.1, 0.15) is 5.82 Å². The van der Waals surface area contributed by atoms with Crippen LogP contribution in [0.5, 0.6) is 0 Å². The summed E-state index contributed by atoms with van der Waals surface area (Å²) in [7, 11) is 0. The minimum absolute atomic E-state index is 0.0862. The number of carbonyl (C=O) groups excluding carboxylic acids is 1. The maximum Gasteiger partial charge on any atom is 0.221 e. The first kappa shape index (κ1) is 15.4. The minimum atomic E-state index is 0.0862. The molecule has 21 heavy (non-hydrogen) atoms. The maximum atomic E-state index is 11.9. The number of nitrogens with one attached hydrogen (secondary N) is 1. The summed E-state index contributed by atoms with van der Waals surface area (Å²) in [5.74, 6) is 1.55. The van der Waals surface area contributed by atoms with Crippen LogP contribution in [0, 0.1) is 5.92 Å². The van der Waals surface area contributed by atoms with Gasteiger partial charge in [0.2, 0.25) is 5.91 Å². The lowest BCUT2D eigenvalue weighted by molar-refractivity contribution is -0.121. The Hall–Kier alpha value is -2.04. The lowest BCUT2D eigenvalue weighted by atomic mass is 10.2. The highest BCUT2D eigenvalue weighted by Gasteiger charge is 2.11. The van der Waals surface area contributed by atoms with Crippen molar-refractivity contribution in [1.82, 2.24) is 14.9 Å². The summed E-state index contributed by atoms with van der Waals surface area (Å²) in [6.45, 7) is 7.61. The average molecular weight is 288 g/mol. The standard InChI is InChI=1S/C16H24N4O/c1-4-15-19-13-9-12(17)5-6-14(13)20(15)8-7-16(21)18-10-11(2)3/h5-6,9,11H,4,7-8,10,17H2,1-3H3,(H,18,21). The van der Waals surface area contributed by atoms with Crippen LogP contribution in [-0.4, -0.2) is 22.0 Å². The summed E-state index contributed by atoms with van der Waals surface area (Å²) < 4.78 is 2.11. The molecule has 3 N–H and O–H groups in total. The predicted octanol–water partition coefficient (Wildman–Crippen LogP) is 2.34. The summed E-state index contributed by atoms with van der Waals surface area (Å²) in [6, 6.07) is 5.73. The number of nitrogen functional groups attached to an aromatic ring is 1. The van der Waals surface area contributed by atoms with Crippen LogP contribution in [0.25, 0.3) is 11.0 Å². The number of hydrogen-bond donors (Lipinski definition) is 2. The Morgan fingerprint density at radius 2 is 2.19 bits per heavy atom. The number of rotatable bonds is 6. The van der Waals surface area contributed by atoms with Crippen LogP contribution in [0.2, 0.25) is 0 Å². The van der Waals surface area contributed by atoms with Gasteiger partial charge in [0, 0.05) is 31.6 Å². The molecule has 1 aromatic carbocycles. The molecular formula is C16H24N4O. The molecule has 0 aliphatic rings. The van der Waals surface area contributed by atoms with Crippen molar-refractivity contribution < 1.29 is 4.79 Å². The zero-order valence-corrected chi connectivity index (χ0v) is 13.0. The van der Waals surface area contributed by atoms with Crippen molar-refractivity contribution in [3.8, 4) is 0 Å².